The molecule has 1 aromatic rings. The fraction of sp³-hybridized carbons (Fsp3) is 0.333. The van der Waals surface area contributed by atoms with Gasteiger partial charge in [0, 0.05) is 13.1 Å². The van der Waals surface area contributed by atoms with Gasteiger partial charge in [0.15, 0.2) is 5.11 Å². The fourth-order valence-corrected chi connectivity index (χ4v) is 1.73. The molecule has 1 rings (SSSR count). The number of nitrogens with zero attached hydrogens (tertiary/aromatic N) is 2. The van der Waals surface area contributed by atoms with Crippen molar-refractivity contribution in [2.45, 2.75) is 0 Å². The van der Waals surface area contributed by atoms with Crippen LogP contribution in [-0.2, 0) is 0 Å². The van der Waals surface area contributed by atoms with Crippen molar-refractivity contribution in [1.29, 1.82) is 5.26 Å². The van der Waals surface area contributed by atoms with Crippen LogP contribution in [0.2, 0.25) is 0 Å². The summed E-state index contributed by atoms with van der Waals surface area (Å²) in [7, 11) is 0. The van der Waals surface area contributed by atoms with Crippen molar-refractivity contribution < 1.29 is 10.2 Å². The number of nitrogens with one attached hydrogen (secondary N) is 1. The molecule has 0 heterocycles. The van der Waals surface area contributed by atoms with Crippen molar-refractivity contribution >= 4 is 23.0 Å². The van der Waals surface area contributed by atoms with E-state index in [9.17, 15) is 0 Å². The largest absolute Gasteiger partial charge is 0.395 e. The number of rotatable bonds is 5. The lowest BCUT2D eigenvalue weighted by Crippen LogP contribution is -2.38. The van der Waals surface area contributed by atoms with Crippen molar-refractivity contribution in [3.05, 3.63) is 29.8 Å². The predicted molar refractivity (Wildman–Crippen MR) is 73.1 cm³/mol. The lowest BCUT2D eigenvalue weighted by Gasteiger charge is -2.24. The molecule has 0 atom stereocenters. The van der Waals surface area contributed by atoms with Crippen molar-refractivity contribution in [2.24, 2.45) is 0 Å². The van der Waals surface area contributed by atoms with E-state index in [0.29, 0.717) is 29.5 Å². The van der Waals surface area contributed by atoms with E-state index in [1.807, 2.05) is 0 Å². The third-order valence-corrected chi connectivity index (χ3v) is 2.68. The Kier molecular flexibility index (Phi) is 6.08. The quantitative estimate of drug-likeness (QED) is 0.674. The molecule has 0 radical (unpaired) electrons. The van der Waals surface area contributed by atoms with Crippen molar-refractivity contribution in [3.63, 3.8) is 0 Å². The van der Waals surface area contributed by atoms with E-state index in [0.717, 1.165) is 0 Å². The molecule has 96 valence electrons. The Morgan fingerprint density at radius 2 is 1.89 bits per heavy atom. The lowest BCUT2D eigenvalue weighted by molar-refractivity contribution is 0.214. The molecule has 0 spiro atoms. The summed E-state index contributed by atoms with van der Waals surface area (Å²) in [5, 5.41) is 30.1. The smallest absolute Gasteiger partial charge is 0.173 e. The van der Waals surface area contributed by atoms with Crippen LogP contribution in [0.4, 0.5) is 5.69 Å². The van der Waals surface area contributed by atoms with Gasteiger partial charge in [-0.1, -0.05) is 12.1 Å². The Morgan fingerprint density at radius 1 is 1.28 bits per heavy atom. The first-order valence-corrected chi connectivity index (χ1v) is 5.90. The van der Waals surface area contributed by atoms with Gasteiger partial charge in [0.25, 0.3) is 0 Å². The van der Waals surface area contributed by atoms with E-state index in [1.165, 1.54) is 0 Å². The first-order valence-electron chi connectivity index (χ1n) is 5.49. The van der Waals surface area contributed by atoms with Gasteiger partial charge in [-0.3, -0.25) is 0 Å². The molecule has 0 aliphatic carbocycles. The third kappa shape index (κ3) is 3.96. The second-order valence-electron chi connectivity index (χ2n) is 3.52. The van der Waals surface area contributed by atoms with Gasteiger partial charge in [-0.25, -0.2) is 0 Å². The number of aliphatic hydroxyl groups is 2. The Balaban J connectivity index is 2.76. The molecule has 0 amide bonds. The summed E-state index contributed by atoms with van der Waals surface area (Å²) in [5.74, 6) is 0. The molecular weight excluding hydrogens is 250 g/mol. The number of nitriles is 1. The second kappa shape index (κ2) is 7.61. The molecule has 5 nitrogen and oxygen atoms in total. The summed E-state index contributed by atoms with van der Waals surface area (Å²) in [6, 6.07) is 9.07. The zero-order valence-electron chi connectivity index (χ0n) is 9.83. The highest BCUT2D eigenvalue weighted by atomic mass is 32.1. The number of thiocarbonyl (C=S) groups is 1. The molecule has 18 heavy (non-hydrogen) atoms. The zero-order chi connectivity index (χ0) is 13.4. The summed E-state index contributed by atoms with van der Waals surface area (Å²) in [5.41, 5.74) is 1.11. The van der Waals surface area contributed by atoms with Gasteiger partial charge < -0.3 is 20.4 Å². The molecule has 0 unspecified atom stereocenters. The first kappa shape index (κ1) is 14.4. The highest BCUT2D eigenvalue weighted by molar-refractivity contribution is 7.80. The van der Waals surface area contributed by atoms with Crippen LogP contribution >= 0.6 is 12.2 Å². The van der Waals surface area contributed by atoms with E-state index >= 15 is 0 Å². The standard InChI is InChI=1S/C12H15N3O2S/c13-9-10-3-1-2-4-11(10)14-12(18)15(5-7-16)6-8-17/h1-4,16-17H,5-8H2,(H,14,18). The van der Waals surface area contributed by atoms with E-state index in [2.05, 4.69) is 11.4 Å². The van der Waals surface area contributed by atoms with E-state index in [-0.39, 0.29) is 13.2 Å². The summed E-state index contributed by atoms with van der Waals surface area (Å²) in [6.45, 7) is 0.561. The lowest BCUT2D eigenvalue weighted by atomic mass is 10.2. The number of anilines is 1. The Morgan fingerprint density at radius 3 is 2.44 bits per heavy atom. The summed E-state index contributed by atoms with van der Waals surface area (Å²) >= 11 is 5.18. The molecule has 0 saturated heterocycles. The Labute approximate surface area is 111 Å². The van der Waals surface area contributed by atoms with E-state index < -0.39 is 0 Å². The van der Waals surface area contributed by atoms with Crippen LogP contribution in [0, 0.1) is 11.3 Å². The third-order valence-electron chi connectivity index (χ3n) is 2.32. The minimum Gasteiger partial charge on any atom is -0.395 e. The average molecular weight is 265 g/mol. The average Bonchev–Trinajstić information content (AvgIpc) is 2.39. The van der Waals surface area contributed by atoms with Gasteiger partial charge in [0.1, 0.15) is 6.07 Å². The topological polar surface area (TPSA) is 79.5 Å². The Bertz CT molecular complexity index is 439. The van der Waals surface area contributed by atoms with Gasteiger partial charge >= 0.3 is 0 Å². The van der Waals surface area contributed by atoms with Gasteiger partial charge in [-0.15, -0.1) is 0 Å². The highest BCUT2D eigenvalue weighted by Crippen LogP contribution is 2.14. The molecule has 0 aliphatic rings. The van der Waals surface area contributed by atoms with E-state index in [4.69, 9.17) is 27.7 Å². The fourth-order valence-electron chi connectivity index (χ4n) is 1.44. The van der Waals surface area contributed by atoms with Gasteiger partial charge in [-0.05, 0) is 24.4 Å². The zero-order valence-corrected chi connectivity index (χ0v) is 10.7. The predicted octanol–water partition coefficient (Wildman–Crippen LogP) is 0.542. The number of hydrogen-bond acceptors (Lipinski definition) is 4. The minimum absolute atomic E-state index is 0.0539. The van der Waals surface area contributed by atoms with Gasteiger partial charge in [-0.2, -0.15) is 5.26 Å². The monoisotopic (exact) mass is 265 g/mol. The molecule has 3 N–H and O–H groups in total. The van der Waals surface area contributed by atoms with Crippen LogP contribution in [0.15, 0.2) is 24.3 Å². The summed E-state index contributed by atoms with van der Waals surface area (Å²) < 4.78 is 0. The van der Waals surface area contributed by atoms with Gasteiger partial charge in [0.05, 0.1) is 24.5 Å². The Hall–Kier alpha value is -1.68. The maximum atomic E-state index is 8.95. The molecule has 1 aromatic carbocycles. The minimum atomic E-state index is -0.0539. The van der Waals surface area contributed by atoms with Crippen LogP contribution < -0.4 is 5.32 Å². The maximum absolute atomic E-state index is 8.95. The number of aliphatic hydroxyl groups excluding tert-OH is 2. The molecule has 0 aliphatic heterocycles. The van der Waals surface area contributed by atoms with E-state index in [1.54, 1.807) is 29.2 Å². The second-order valence-corrected chi connectivity index (χ2v) is 3.91. The number of para-hydroxylation sites is 1. The van der Waals surface area contributed by atoms with Crippen molar-refractivity contribution in [2.75, 3.05) is 31.6 Å². The molecule has 0 aromatic heterocycles. The van der Waals surface area contributed by atoms with Crippen LogP contribution in [0.1, 0.15) is 5.56 Å². The van der Waals surface area contributed by atoms with Crippen LogP contribution in [0.5, 0.6) is 0 Å². The first-order chi connectivity index (χ1) is 8.72. The highest BCUT2D eigenvalue weighted by Gasteiger charge is 2.10. The van der Waals surface area contributed by atoms with Crippen molar-refractivity contribution in [3.8, 4) is 6.07 Å². The number of benzene rings is 1. The molecule has 0 bridgehead atoms. The summed E-state index contributed by atoms with van der Waals surface area (Å²) in [6.07, 6.45) is 0. The maximum Gasteiger partial charge on any atom is 0.173 e. The molecular formula is C12H15N3O2S. The molecule has 0 fully saturated rings. The van der Waals surface area contributed by atoms with Crippen molar-refractivity contribution in [1.82, 2.24) is 4.90 Å². The van der Waals surface area contributed by atoms with Gasteiger partial charge in [0.2, 0.25) is 0 Å². The van der Waals surface area contributed by atoms with Crippen LogP contribution in [0.3, 0.4) is 0 Å². The normalized spacial score (nSPS) is 9.61. The summed E-state index contributed by atoms with van der Waals surface area (Å²) in [4.78, 5) is 1.64. The molecule has 6 heteroatoms. The SMILES string of the molecule is N#Cc1ccccc1NC(=S)N(CCO)CCO. The van der Waals surface area contributed by atoms with Crippen LogP contribution in [-0.4, -0.2) is 46.5 Å². The number of hydrogen-bond donors (Lipinski definition) is 3. The van der Waals surface area contributed by atoms with Crippen LogP contribution in [0.25, 0.3) is 0 Å². The molecule has 0 saturated carbocycles.